The summed E-state index contributed by atoms with van der Waals surface area (Å²) < 4.78 is 43.6. The minimum Gasteiger partial charge on any atom is -0.497 e. The molecule has 1 aromatic carbocycles. The number of fused-ring (bicyclic) bond motifs is 1. The molecule has 0 saturated heterocycles. The van der Waals surface area contributed by atoms with Crippen LogP contribution in [0.3, 0.4) is 0 Å². The molecule has 0 saturated carbocycles. The van der Waals surface area contributed by atoms with E-state index in [0.717, 1.165) is 16.5 Å². The quantitative estimate of drug-likeness (QED) is 0.650. The Kier molecular flexibility index (Phi) is 4.57. The molecule has 3 nitrogen and oxygen atoms in total. The molecular formula is C15H17F3N2O. The Morgan fingerprint density at radius 3 is 2.76 bits per heavy atom. The van der Waals surface area contributed by atoms with Crippen molar-refractivity contribution in [1.29, 1.82) is 0 Å². The lowest BCUT2D eigenvalue weighted by molar-refractivity contribution is -0.241. The van der Waals surface area contributed by atoms with Gasteiger partial charge in [0.1, 0.15) is 5.75 Å². The van der Waals surface area contributed by atoms with Crippen LogP contribution in [0.25, 0.3) is 10.9 Å². The maximum Gasteiger partial charge on any atom is 0.460 e. The minimum atomic E-state index is -4.35. The molecule has 0 aliphatic rings. The highest BCUT2D eigenvalue weighted by Gasteiger charge is 2.35. The summed E-state index contributed by atoms with van der Waals surface area (Å²) in [4.78, 5) is 3.50. The number of ether oxygens (including phenoxy) is 1. The molecular weight excluding hydrogens is 281 g/mol. The molecule has 0 fully saturated rings. The summed E-state index contributed by atoms with van der Waals surface area (Å²) in [5, 5.41) is 0.884. The van der Waals surface area contributed by atoms with E-state index < -0.39 is 6.30 Å². The molecule has 0 radical (unpaired) electrons. The van der Waals surface area contributed by atoms with Gasteiger partial charge in [-0.15, -0.1) is 6.58 Å². The third-order valence-electron chi connectivity index (χ3n) is 3.33. The van der Waals surface area contributed by atoms with E-state index >= 15 is 0 Å². The Morgan fingerprint density at radius 1 is 1.38 bits per heavy atom. The van der Waals surface area contributed by atoms with E-state index in [0.29, 0.717) is 17.1 Å². The molecule has 0 aliphatic heterocycles. The monoisotopic (exact) mass is 298 g/mol. The Balaban J connectivity index is 2.17. The van der Waals surface area contributed by atoms with E-state index in [1.165, 1.54) is 6.08 Å². The van der Waals surface area contributed by atoms with Crippen molar-refractivity contribution in [3.63, 3.8) is 0 Å². The standard InChI is InChI=1S/C15H17F3N2O/c1-3-7-20(15(16,17)18)8-6-11-10-19-14-5-4-12(21-2)9-13(11)14/h3-5,9-10,19H,1,6-8H2,2H3. The molecule has 0 aliphatic carbocycles. The van der Waals surface area contributed by atoms with Gasteiger partial charge in [-0.3, -0.25) is 0 Å². The first kappa shape index (κ1) is 15.4. The van der Waals surface area contributed by atoms with Crippen LogP contribution in [-0.2, 0) is 6.42 Å². The van der Waals surface area contributed by atoms with Crippen molar-refractivity contribution in [3.8, 4) is 5.75 Å². The number of aromatic nitrogens is 1. The van der Waals surface area contributed by atoms with Gasteiger partial charge < -0.3 is 9.72 Å². The van der Waals surface area contributed by atoms with Gasteiger partial charge in [0.25, 0.3) is 0 Å². The van der Waals surface area contributed by atoms with Crippen LogP contribution >= 0.6 is 0 Å². The van der Waals surface area contributed by atoms with Gasteiger partial charge in [0.15, 0.2) is 0 Å². The Morgan fingerprint density at radius 2 is 2.14 bits per heavy atom. The third kappa shape index (κ3) is 3.58. The SMILES string of the molecule is C=CCN(CCc1c[nH]c2ccc(OC)cc12)C(F)(F)F. The second kappa shape index (κ2) is 6.22. The number of H-pyrrole nitrogens is 1. The molecule has 2 rings (SSSR count). The fourth-order valence-corrected chi connectivity index (χ4v) is 2.22. The van der Waals surface area contributed by atoms with E-state index in [1.54, 1.807) is 13.3 Å². The van der Waals surface area contributed by atoms with Crippen molar-refractivity contribution >= 4 is 10.9 Å². The first-order chi connectivity index (χ1) is 9.95. The maximum atomic E-state index is 12.8. The zero-order chi connectivity index (χ0) is 15.5. The number of hydrogen-bond acceptors (Lipinski definition) is 2. The lowest BCUT2D eigenvalue weighted by Crippen LogP contribution is -2.39. The van der Waals surface area contributed by atoms with E-state index in [2.05, 4.69) is 11.6 Å². The van der Waals surface area contributed by atoms with Gasteiger partial charge in [-0.05, 0) is 30.2 Å². The number of nitrogens with one attached hydrogen (secondary N) is 1. The van der Waals surface area contributed by atoms with Crippen molar-refractivity contribution < 1.29 is 17.9 Å². The van der Waals surface area contributed by atoms with Crippen molar-refractivity contribution in [1.82, 2.24) is 9.88 Å². The second-order valence-corrected chi connectivity index (χ2v) is 4.68. The van der Waals surface area contributed by atoms with Gasteiger partial charge >= 0.3 is 6.30 Å². The van der Waals surface area contributed by atoms with Gasteiger partial charge in [0.2, 0.25) is 0 Å². The fraction of sp³-hybridized carbons (Fsp3) is 0.333. The van der Waals surface area contributed by atoms with Crippen molar-refractivity contribution in [3.05, 3.63) is 42.6 Å². The van der Waals surface area contributed by atoms with Crippen molar-refractivity contribution in [2.24, 2.45) is 0 Å². The predicted molar refractivity (Wildman–Crippen MR) is 76.4 cm³/mol. The predicted octanol–water partition coefficient (Wildman–Crippen LogP) is 3.73. The van der Waals surface area contributed by atoms with Gasteiger partial charge in [-0.25, -0.2) is 4.90 Å². The van der Waals surface area contributed by atoms with Crippen molar-refractivity contribution in [2.75, 3.05) is 20.2 Å². The average molecular weight is 298 g/mol. The summed E-state index contributed by atoms with van der Waals surface area (Å²) in [6.07, 6.45) is -1.06. The van der Waals surface area contributed by atoms with Crippen molar-refractivity contribution in [2.45, 2.75) is 12.7 Å². The van der Waals surface area contributed by atoms with E-state index in [4.69, 9.17) is 4.74 Å². The second-order valence-electron chi connectivity index (χ2n) is 4.68. The molecule has 6 heteroatoms. The molecule has 0 amide bonds. The number of hydrogen-bond donors (Lipinski definition) is 1. The molecule has 0 unspecified atom stereocenters. The fourth-order valence-electron chi connectivity index (χ4n) is 2.22. The van der Waals surface area contributed by atoms with Gasteiger partial charge in [-0.2, -0.15) is 13.2 Å². The number of halogens is 3. The molecule has 0 bridgehead atoms. The highest BCUT2D eigenvalue weighted by Crippen LogP contribution is 2.26. The largest absolute Gasteiger partial charge is 0.497 e. The Labute approximate surface area is 121 Å². The summed E-state index contributed by atoms with van der Waals surface area (Å²) in [6, 6.07) is 5.48. The van der Waals surface area contributed by atoms with Crippen LogP contribution in [0.2, 0.25) is 0 Å². The topological polar surface area (TPSA) is 28.3 Å². The molecule has 0 spiro atoms. The number of alkyl halides is 3. The Hall–Kier alpha value is -1.95. The Bertz CT molecular complexity index is 619. The highest BCUT2D eigenvalue weighted by molar-refractivity contribution is 5.84. The zero-order valence-electron chi connectivity index (χ0n) is 11.7. The molecule has 1 N–H and O–H groups in total. The highest BCUT2D eigenvalue weighted by atomic mass is 19.4. The van der Waals surface area contributed by atoms with Crippen LogP contribution < -0.4 is 4.74 Å². The van der Waals surface area contributed by atoms with Gasteiger partial charge in [0, 0.05) is 30.2 Å². The molecule has 1 aromatic heterocycles. The summed E-state index contributed by atoms with van der Waals surface area (Å²) in [7, 11) is 1.56. The zero-order valence-corrected chi connectivity index (χ0v) is 11.7. The average Bonchev–Trinajstić information content (AvgIpc) is 2.84. The molecule has 2 aromatic rings. The number of rotatable bonds is 6. The van der Waals surface area contributed by atoms with Gasteiger partial charge in [0.05, 0.1) is 7.11 Å². The summed E-state index contributed by atoms with van der Waals surface area (Å²) in [6.45, 7) is 3.04. The molecule has 0 atom stereocenters. The van der Waals surface area contributed by atoms with Crippen LogP contribution in [0.15, 0.2) is 37.1 Å². The van der Waals surface area contributed by atoms with E-state index in [-0.39, 0.29) is 13.1 Å². The number of aromatic amines is 1. The molecule has 21 heavy (non-hydrogen) atoms. The maximum absolute atomic E-state index is 12.8. The summed E-state index contributed by atoms with van der Waals surface area (Å²) >= 11 is 0. The molecule has 1 heterocycles. The van der Waals surface area contributed by atoms with E-state index in [9.17, 15) is 13.2 Å². The lowest BCUT2D eigenvalue weighted by atomic mass is 10.1. The summed E-state index contributed by atoms with van der Waals surface area (Å²) in [5.41, 5.74) is 1.72. The number of nitrogens with zero attached hydrogens (tertiary/aromatic N) is 1. The van der Waals surface area contributed by atoms with Crippen LogP contribution in [0.4, 0.5) is 13.2 Å². The normalized spacial score (nSPS) is 12.0. The third-order valence-corrected chi connectivity index (χ3v) is 3.33. The number of methoxy groups -OCH3 is 1. The van der Waals surface area contributed by atoms with Crippen LogP contribution in [0.1, 0.15) is 5.56 Å². The first-order valence-corrected chi connectivity index (χ1v) is 6.52. The first-order valence-electron chi connectivity index (χ1n) is 6.52. The number of benzene rings is 1. The smallest absolute Gasteiger partial charge is 0.460 e. The van der Waals surface area contributed by atoms with Crippen LogP contribution in [0, 0.1) is 0 Å². The van der Waals surface area contributed by atoms with Gasteiger partial charge in [-0.1, -0.05) is 6.08 Å². The van der Waals surface area contributed by atoms with E-state index in [1.807, 2.05) is 18.2 Å². The molecule has 114 valence electrons. The lowest BCUT2D eigenvalue weighted by Gasteiger charge is -2.23. The summed E-state index contributed by atoms with van der Waals surface area (Å²) in [5.74, 6) is 0.683. The van der Waals surface area contributed by atoms with Crippen LogP contribution in [0.5, 0.6) is 5.75 Å². The van der Waals surface area contributed by atoms with Crippen LogP contribution in [-0.4, -0.2) is 36.4 Å². The minimum absolute atomic E-state index is 0.111.